The number of aromatic hydroxyl groups is 1. The molecule has 0 saturated carbocycles. The molecule has 0 radical (unpaired) electrons. The Morgan fingerprint density at radius 2 is 1.09 bits per heavy atom. The van der Waals surface area contributed by atoms with E-state index in [0.717, 1.165) is 17.4 Å². The fourth-order valence-corrected chi connectivity index (χ4v) is 4.46. The van der Waals surface area contributed by atoms with Gasteiger partial charge in [-0.1, -0.05) is 131 Å². The average Bonchev–Trinajstić information content (AvgIpc) is 3.17. The summed E-state index contributed by atoms with van der Waals surface area (Å²) in [6.07, 6.45) is 13.5. The standard InChI is InChI=1S/C24H33NO.C6H6/c1-2-3-4-5-6-7-8-9-10-13-19-25-22-17-12-11-15-20(22)21-16-14-18-23(26)24(21)25;1-2-4-6-5-3-1/h11-12,14-18,26H,2-10,13,19H2,1H3;1-6H. The number of fused-ring (bicyclic) bond motifs is 3. The van der Waals surface area contributed by atoms with Crippen LogP contribution in [0.5, 0.6) is 5.75 Å². The Kier molecular flexibility index (Phi) is 10.2. The van der Waals surface area contributed by atoms with E-state index in [4.69, 9.17) is 0 Å². The van der Waals surface area contributed by atoms with Crippen molar-refractivity contribution in [2.24, 2.45) is 0 Å². The Hall–Kier alpha value is -2.74. The fraction of sp³-hybridized carbons (Fsp3) is 0.400. The van der Waals surface area contributed by atoms with Crippen LogP contribution in [-0.2, 0) is 6.54 Å². The predicted molar refractivity (Wildman–Crippen MR) is 139 cm³/mol. The number of rotatable bonds is 11. The van der Waals surface area contributed by atoms with Gasteiger partial charge in [-0.25, -0.2) is 0 Å². The van der Waals surface area contributed by atoms with Gasteiger partial charge in [-0.05, 0) is 18.6 Å². The SMILES string of the molecule is CCCCCCCCCCCCn1c2ccccc2c2cccc(O)c21.c1ccccc1. The third kappa shape index (κ3) is 6.88. The summed E-state index contributed by atoms with van der Waals surface area (Å²) < 4.78 is 2.31. The third-order valence-corrected chi connectivity index (χ3v) is 6.17. The second-order valence-electron chi connectivity index (χ2n) is 8.68. The summed E-state index contributed by atoms with van der Waals surface area (Å²) in [5.41, 5.74) is 2.23. The van der Waals surface area contributed by atoms with Crippen LogP contribution in [0.25, 0.3) is 21.8 Å². The molecule has 4 aromatic rings. The van der Waals surface area contributed by atoms with Gasteiger partial charge in [-0.2, -0.15) is 0 Å². The van der Waals surface area contributed by atoms with E-state index in [1.807, 2.05) is 42.5 Å². The van der Waals surface area contributed by atoms with Crippen LogP contribution in [0.15, 0.2) is 78.9 Å². The number of unbranched alkanes of at least 4 members (excludes halogenated alkanes) is 9. The average molecular weight is 430 g/mol. The van der Waals surface area contributed by atoms with Gasteiger partial charge in [0.25, 0.3) is 0 Å². The van der Waals surface area contributed by atoms with Gasteiger partial charge in [-0.3, -0.25) is 0 Å². The second kappa shape index (κ2) is 13.6. The molecule has 0 spiro atoms. The lowest BCUT2D eigenvalue weighted by Crippen LogP contribution is -1.98. The largest absolute Gasteiger partial charge is 0.506 e. The van der Waals surface area contributed by atoms with Gasteiger partial charge in [0, 0.05) is 22.8 Å². The van der Waals surface area contributed by atoms with Gasteiger partial charge < -0.3 is 9.67 Å². The maximum Gasteiger partial charge on any atom is 0.139 e. The van der Waals surface area contributed by atoms with E-state index in [1.54, 1.807) is 6.07 Å². The zero-order chi connectivity index (χ0) is 22.4. The van der Waals surface area contributed by atoms with Crippen molar-refractivity contribution in [2.45, 2.75) is 77.7 Å². The van der Waals surface area contributed by atoms with E-state index < -0.39 is 0 Å². The van der Waals surface area contributed by atoms with E-state index in [9.17, 15) is 5.11 Å². The number of hydrogen-bond acceptors (Lipinski definition) is 1. The van der Waals surface area contributed by atoms with E-state index in [1.165, 1.54) is 75.1 Å². The first-order valence-corrected chi connectivity index (χ1v) is 12.5. The molecule has 0 fully saturated rings. The number of para-hydroxylation sites is 2. The van der Waals surface area contributed by atoms with Crippen LogP contribution in [0.3, 0.4) is 0 Å². The normalized spacial score (nSPS) is 10.9. The Bertz CT molecular complexity index is 1010. The van der Waals surface area contributed by atoms with Gasteiger partial charge in [0.2, 0.25) is 0 Å². The molecule has 0 saturated heterocycles. The molecule has 1 N–H and O–H groups in total. The second-order valence-corrected chi connectivity index (χ2v) is 8.68. The van der Waals surface area contributed by atoms with Crippen molar-refractivity contribution in [2.75, 3.05) is 0 Å². The minimum absolute atomic E-state index is 0.394. The van der Waals surface area contributed by atoms with Crippen LogP contribution < -0.4 is 0 Å². The highest BCUT2D eigenvalue weighted by Gasteiger charge is 2.12. The van der Waals surface area contributed by atoms with Crippen molar-refractivity contribution in [1.29, 1.82) is 0 Å². The number of aromatic nitrogens is 1. The van der Waals surface area contributed by atoms with Gasteiger partial charge >= 0.3 is 0 Å². The minimum atomic E-state index is 0.394. The number of nitrogens with zero attached hydrogens (tertiary/aromatic N) is 1. The smallest absolute Gasteiger partial charge is 0.139 e. The van der Waals surface area contributed by atoms with Gasteiger partial charge in [-0.15, -0.1) is 0 Å². The molecule has 0 bridgehead atoms. The monoisotopic (exact) mass is 429 g/mol. The maximum absolute atomic E-state index is 10.4. The Labute approximate surface area is 193 Å². The predicted octanol–water partition coefficient (Wildman–Crippen LogP) is 9.11. The minimum Gasteiger partial charge on any atom is -0.506 e. The Balaban J connectivity index is 0.000000416. The first-order chi connectivity index (χ1) is 15.8. The lowest BCUT2D eigenvalue weighted by molar-refractivity contribution is 0.476. The zero-order valence-corrected chi connectivity index (χ0v) is 19.7. The van der Waals surface area contributed by atoms with Crippen LogP contribution in [0.2, 0.25) is 0 Å². The number of phenols is 1. The number of phenolic OH excluding ortho intramolecular Hbond substituents is 1. The van der Waals surface area contributed by atoms with Gasteiger partial charge in [0.15, 0.2) is 0 Å². The molecule has 3 aromatic carbocycles. The molecule has 2 nitrogen and oxygen atoms in total. The van der Waals surface area contributed by atoms with Crippen LogP contribution in [0, 0.1) is 0 Å². The van der Waals surface area contributed by atoms with Crippen LogP contribution in [0.1, 0.15) is 71.1 Å². The number of benzene rings is 3. The van der Waals surface area contributed by atoms with Crippen LogP contribution in [0.4, 0.5) is 0 Å². The molecule has 170 valence electrons. The van der Waals surface area contributed by atoms with E-state index in [-0.39, 0.29) is 0 Å². The summed E-state index contributed by atoms with van der Waals surface area (Å²) in [5, 5.41) is 12.8. The lowest BCUT2D eigenvalue weighted by atomic mass is 10.1. The van der Waals surface area contributed by atoms with Crippen molar-refractivity contribution in [1.82, 2.24) is 4.57 Å². The maximum atomic E-state index is 10.4. The van der Waals surface area contributed by atoms with Crippen molar-refractivity contribution in [3.05, 3.63) is 78.9 Å². The first-order valence-electron chi connectivity index (χ1n) is 12.5. The molecule has 0 unspecified atom stereocenters. The summed E-state index contributed by atoms with van der Waals surface area (Å²) in [6.45, 7) is 3.26. The van der Waals surface area contributed by atoms with Crippen molar-refractivity contribution >= 4 is 21.8 Å². The van der Waals surface area contributed by atoms with Crippen molar-refractivity contribution < 1.29 is 5.11 Å². The quantitative estimate of drug-likeness (QED) is 0.236. The highest BCUT2D eigenvalue weighted by molar-refractivity contribution is 6.09. The van der Waals surface area contributed by atoms with E-state index >= 15 is 0 Å². The van der Waals surface area contributed by atoms with E-state index in [2.05, 4.69) is 41.8 Å². The molecular weight excluding hydrogens is 390 g/mol. The molecule has 32 heavy (non-hydrogen) atoms. The molecule has 1 aromatic heterocycles. The van der Waals surface area contributed by atoms with Crippen LogP contribution >= 0.6 is 0 Å². The molecule has 0 aliphatic carbocycles. The number of hydrogen-bond donors (Lipinski definition) is 1. The summed E-state index contributed by atoms with van der Waals surface area (Å²) in [6, 6.07) is 26.4. The lowest BCUT2D eigenvalue weighted by Gasteiger charge is -2.08. The van der Waals surface area contributed by atoms with Crippen molar-refractivity contribution in [3.63, 3.8) is 0 Å². The topological polar surface area (TPSA) is 25.2 Å². The number of aryl methyl sites for hydroxylation is 1. The zero-order valence-electron chi connectivity index (χ0n) is 19.7. The summed E-state index contributed by atoms with van der Waals surface area (Å²) in [5.74, 6) is 0.394. The molecule has 4 rings (SSSR count). The molecule has 0 aliphatic rings. The third-order valence-electron chi connectivity index (χ3n) is 6.17. The van der Waals surface area contributed by atoms with E-state index in [0.29, 0.717) is 5.75 Å². The fourth-order valence-electron chi connectivity index (χ4n) is 4.46. The van der Waals surface area contributed by atoms with Crippen LogP contribution in [-0.4, -0.2) is 9.67 Å². The van der Waals surface area contributed by atoms with Gasteiger partial charge in [0.1, 0.15) is 5.75 Å². The summed E-state index contributed by atoms with van der Waals surface area (Å²) in [4.78, 5) is 0. The highest BCUT2D eigenvalue weighted by atomic mass is 16.3. The Morgan fingerprint density at radius 1 is 0.562 bits per heavy atom. The highest BCUT2D eigenvalue weighted by Crippen LogP contribution is 2.34. The van der Waals surface area contributed by atoms with Gasteiger partial charge in [0.05, 0.1) is 5.52 Å². The molecule has 1 heterocycles. The molecule has 2 heteroatoms. The molecule has 0 atom stereocenters. The molecular formula is C30H39NO. The molecule has 0 aliphatic heterocycles. The van der Waals surface area contributed by atoms with Crippen molar-refractivity contribution in [3.8, 4) is 5.75 Å². The summed E-state index contributed by atoms with van der Waals surface area (Å²) in [7, 11) is 0. The molecule has 0 amide bonds. The Morgan fingerprint density at radius 3 is 1.72 bits per heavy atom. The first kappa shape index (κ1) is 23.9. The summed E-state index contributed by atoms with van der Waals surface area (Å²) >= 11 is 0.